The Morgan fingerprint density at radius 3 is 3.05 bits per heavy atom. The second-order valence-electron chi connectivity index (χ2n) is 4.75. The average molecular weight is 321 g/mol. The first kappa shape index (κ1) is 12.3. The van der Waals surface area contributed by atoms with Gasteiger partial charge in [0.1, 0.15) is 6.07 Å². The van der Waals surface area contributed by atoms with Gasteiger partial charge in [-0.15, -0.1) is 0 Å². The lowest BCUT2D eigenvalue weighted by atomic mass is 10.1. The Labute approximate surface area is 119 Å². The van der Waals surface area contributed by atoms with E-state index in [1.165, 1.54) is 0 Å². The SMILES string of the molecule is N#Cc1ccc(Br)cc1N1CCN2C(=O)NCC2C1. The molecule has 2 heterocycles. The highest BCUT2D eigenvalue weighted by molar-refractivity contribution is 9.10. The molecular weight excluding hydrogens is 308 g/mol. The van der Waals surface area contributed by atoms with Crippen LogP contribution >= 0.6 is 15.9 Å². The van der Waals surface area contributed by atoms with E-state index in [9.17, 15) is 10.1 Å². The maximum Gasteiger partial charge on any atom is 0.317 e. The molecule has 0 saturated carbocycles. The zero-order valence-electron chi connectivity index (χ0n) is 10.3. The van der Waals surface area contributed by atoms with Crippen molar-refractivity contribution in [3.63, 3.8) is 0 Å². The van der Waals surface area contributed by atoms with Crippen LogP contribution in [0.25, 0.3) is 0 Å². The number of piperazine rings is 1. The Hall–Kier alpha value is -1.74. The summed E-state index contributed by atoms with van der Waals surface area (Å²) >= 11 is 3.45. The highest BCUT2D eigenvalue weighted by Gasteiger charge is 2.35. The minimum Gasteiger partial charge on any atom is -0.367 e. The first-order valence-corrected chi connectivity index (χ1v) is 6.97. The number of halogens is 1. The maximum atomic E-state index is 11.6. The van der Waals surface area contributed by atoms with Gasteiger partial charge in [-0.05, 0) is 18.2 Å². The molecule has 0 bridgehead atoms. The normalized spacial score (nSPS) is 21.9. The first-order valence-electron chi connectivity index (χ1n) is 6.18. The van der Waals surface area contributed by atoms with Crippen LogP contribution in [0.1, 0.15) is 5.56 Å². The van der Waals surface area contributed by atoms with Crippen molar-refractivity contribution in [2.24, 2.45) is 0 Å². The molecule has 0 aliphatic carbocycles. The van der Waals surface area contributed by atoms with E-state index >= 15 is 0 Å². The standard InChI is InChI=1S/C13H13BrN4O/c14-10-2-1-9(6-15)12(5-10)17-3-4-18-11(8-17)7-16-13(18)19/h1-2,5,11H,3-4,7-8H2,(H,16,19). The van der Waals surface area contributed by atoms with E-state index in [4.69, 9.17) is 0 Å². The Morgan fingerprint density at radius 1 is 1.42 bits per heavy atom. The van der Waals surface area contributed by atoms with Crippen molar-refractivity contribution >= 4 is 27.6 Å². The highest BCUT2D eigenvalue weighted by Crippen LogP contribution is 2.27. The molecule has 0 spiro atoms. The summed E-state index contributed by atoms with van der Waals surface area (Å²) in [6.07, 6.45) is 0. The third-order valence-corrected chi connectivity index (χ3v) is 4.15. The number of nitrogens with zero attached hydrogens (tertiary/aromatic N) is 3. The quantitative estimate of drug-likeness (QED) is 0.853. The summed E-state index contributed by atoms with van der Waals surface area (Å²) < 4.78 is 0.963. The lowest BCUT2D eigenvalue weighted by Gasteiger charge is -2.38. The second kappa shape index (κ2) is 4.74. The van der Waals surface area contributed by atoms with Crippen LogP contribution in [0.5, 0.6) is 0 Å². The van der Waals surface area contributed by atoms with Gasteiger partial charge in [-0.2, -0.15) is 5.26 Å². The minimum atomic E-state index is 0.0272. The van der Waals surface area contributed by atoms with Gasteiger partial charge in [0, 0.05) is 30.7 Å². The fourth-order valence-electron chi connectivity index (χ4n) is 2.68. The fourth-order valence-corrected chi connectivity index (χ4v) is 3.03. The smallest absolute Gasteiger partial charge is 0.317 e. The third-order valence-electron chi connectivity index (χ3n) is 3.65. The Morgan fingerprint density at radius 2 is 2.26 bits per heavy atom. The zero-order valence-corrected chi connectivity index (χ0v) is 11.9. The molecule has 1 N–H and O–H groups in total. The molecule has 2 amide bonds. The summed E-state index contributed by atoms with van der Waals surface area (Å²) in [7, 11) is 0. The Kier molecular flexibility index (Phi) is 3.07. The van der Waals surface area contributed by atoms with Crippen LogP contribution in [0.4, 0.5) is 10.5 Å². The molecule has 6 heteroatoms. The lowest BCUT2D eigenvalue weighted by molar-refractivity contribution is 0.197. The van der Waals surface area contributed by atoms with Crippen molar-refractivity contribution in [3.05, 3.63) is 28.2 Å². The van der Waals surface area contributed by atoms with Crippen molar-refractivity contribution in [1.82, 2.24) is 10.2 Å². The monoisotopic (exact) mass is 320 g/mol. The van der Waals surface area contributed by atoms with E-state index < -0.39 is 0 Å². The van der Waals surface area contributed by atoms with Crippen LogP contribution in [-0.4, -0.2) is 43.2 Å². The molecule has 2 aliphatic rings. The lowest BCUT2D eigenvalue weighted by Crippen LogP contribution is -2.52. The summed E-state index contributed by atoms with van der Waals surface area (Å²) in [6, 6.07) is 8.13. The number of amides is 2. The van der Waals surface area contributed by atoms with Crippen LogP contribution in [0.3, 0.4) is 0 Å². The number of carbonyl (C=O) groups excluding carboxylic acids is 1. The molecule has 2 saturated heterocycles. The second-order valence-corrected chi connectivity index (χ2v) is 5.67. The molecule has 5 nitrogen and oxygen atoms in total. The van der Waals surface area contributed by atoms with Crippen LogP contribution in [0, 0.1) is 11.3 Å². The van der Waals surface area contributed by atoms with E-state index in [-0.39, 0.29) is 12.1 Å². The van der Waals surface area contributed by atoms with Gasteiger partial charge in [0.25, 0.3) is 0 Å². The summed E-state index contributed by atoms with van der Waals surface area (Å²) in [5.41, 5.74) is 1.62. The minimum absolute atomic E-state index is 0.0272. The molecule has 1 aromatic carbocycles. The highest BCUT2D eigenvalue weighted by atomic mass is 79.9. The molecular formula is C13H13BrN4O. The molecule has 2 fully saturated rings. The van der Waals surface area contributed by atoms with Gasteiger partial charge in [-0.3, -0.25) is 0 Å². The van der Waals surface area contributed by atoms with E-state index in [2.05, 4.69) is 32.2 Å². The number of carbonyl (C=O) groups is 1. The van der Waals surface area contributed by atoms with Gasteiger partial charge in [-0.25, -0.2) is 4.79 Å². The zero-order chi connectivity index (χ0) is 13.4. The summed E-state index contributed by atoms with van der Waals surface area (Å²) in [4.78, 5) is 15.6. The average Bonchev–Trinajstić information content (AvgIpc) is 2.80. The largest absolute Gasteiger partial charge is 0.367 e. The van der Waals surface area contributed by atoms with Crippen molar-refractivity contribution in [2.75, 3.05) is 31.1 Å². The van der Waals surface area contributed by atoms with E-state index in [1.54, 1.807) is 0 Å². The number of anilines is 1. The number of benzene rings is 1. The molecule has 98 valence electrons. The van der Waals surface area contributed by atoms with Gasteiger partial charge >= 0.3 is 6.03 Å². The summed E-state index contributed by atoms with van der Waals surface area (Å²) in [6.45, 7) is 2.91. The molecule has 0 radical (unpaired) electrons. The predicted octanol–water partition coefficient (Wildman–Crippen LogP) is 1.53. The number of nitriles is 1. The van der Waals surface area contributed by atoms with Gasteiger partial charge in [0.05, 0.1) is 17.3 Å². The van der Waals surface area contributed by atoms with Gasteiger partial charge in [-0.1, -0.05) is 15.9 Å². The summed E-state index contributed by atoms with van der Waals surface area (Å²) in [5.74, 6) is 0. The van der Waals surface area contributed by atoms with Crippen molar-refractivity contribution < 1.29 is 4.79 Å². The predicted molar refractivity (Wildman–Crippen MR) is 75.0 cm³/mol. The number of rotatable bonds is 1. The molecule has 1 aromatic rings. The number of hydrogen-bond donors (Lipinski definition) is 1. The van der Waals surface area contributed by atoms with E-state index in [1.807, 2.05) is 23.1 Å². The van der Waals surface area contributed by atoms with Gasteiger partial charge in [0.15, 0.2) is 0 Å². The molecule has 1 unspecified atom stereocenters. The molecule has 3 rings (SSSR count). The van der Waals surface area contributed by atoms with Crippen molar-refractivity contribution in [2.45, 2.75) is 6.04 Å². The summed E-state index contributed by atoms with van der Waals surface area (Å²) in [5, 5.41) is 12.1. The van der Waals surface area contributed by atoms with E-state index in [0.29, 0.717) is 18.7 Å². The number of nitrogens with one attached hydrogen (secondary N) is 1. The number of urea groups is 1. The molecule has 2 aliphatic heterocycles. The van der Waals surface area contributed by atoms with E-state index in [0.717, 1.165) is 23.2 Å². The van der Waals surface area contributed by atoms with Crippen LogP contribution < -0.4 is 10.2 Å². The molecule has 1 atom stereocenters. The number of fused-ring (bicyclic) bond motifs is 1. The van der Waals surface area contributed by atoms with Crippen LogP contribution in [-0.2, 0) is 0 Å². The fraction of sp³-hybridized carbons (Fsp3) is 0.385. The van der Waals surface area contributed by atoms with Gasteiger partial charge in [0.2, 0.25) is 0 Å². The Bertz CT molecular complexity index is 568. The Balaban J connectivity index is 1.86. The molecule has 19 heavy (non-hydrogen) atoms. The maximum absolute atomic E-state index is 11.6. The third kappa shape index (κ3) is 2.15. The van der Waals surface area contributed by atoms with Crippen molar-refractivity contribution in [3.8, 4) is 6.07 Å². The topological polar surface area (TPSA) is 59.4 Å². The van der Waals surface area contributed by atoms with Gasteiger partial charge < -0.3 is 15.1 Å². The number of hydrogen-bond acceptors (Lipinski definition) is 3. The first-order chi connectivity index (χ1) is 9.19. The molecule has 0 aromatic heterocycles. The van der Waals surface area contributed by atoms with Crippen LogP contribution in [0.2, 0.25) is 0 Å². The van der Waals surface area contributed by atoms with Crippen LogP contribution in [0.15, 0.2) is 22.7 Å². The van der Waals surface area contributed by atoms with Crippen molar-refractivity contribution in [1.29, 1.82) is 5.26 Å².